The molecule has 0 saturated heterocycles. The summed E-state index contributed by atoms with van der Waals surface area (Å²) in [5.74, 6) is 0.0925. The lowest BCUT2D eigenvalue weighted by molar-refractivity contribution is -0.0499. The fourth-order valence-corrected chi connectivity index (χ4v) is 2.88. The summed E-state index contributed by atoms with van der Waals surface area (Å²) in [7, 11) is 0. The fraction of sp³-hybridized carbons (Fsp3) is 0.125. The Hall–Kier alpha value is -2.54. The van der Waals surface area contributed by atoms with Gasteiger partial charge in [-0.1, -0.05) is 35.6 Å². The summed E-state index contributed by atoms with van der Waals surface area (Å²) >= 11 is 1.47. The highest BCUT2D eigenvalue weighted by Crippen LogP contribution is 2.26. The molecule has 1 aromatic heterocycles. The number of fused-ring (bicyclic) bond motifs is 1. The number of anilines is 1. The van der Waals surface area contributed by atoms with Crippen LogP contribution in [0.1, 0.15) is 12.5 Å². The highest BCUT2D eigenvalue weighted by molar-refractivity contribution is 7.22. The summed E-state index contributed by atoms with van der Waals surface area (Å²) in [6, 6.07) is 14.3. The Labute approximate surface area is 135 Å². The predicted molar refractivity (Wildman–Crippen MR) is 88.5 cm³/mol. The fourth-order valence-electron chi connectivity index (χ4n) is 2.08. The molecule has 0 aliphatic carbocycles. The van der Waals surface area contributed by atoms with E-state index in [0.717, 1.165) is 10.2 Å². The van der Waals surface area contributed by atoms with Crippen LogP contribution in [0, 0.1) is 0 Å². The van der Waals surface area contributed by atoms with Gasteiger partial charge < -0.3 is 4.74 Å². The smallest absolute Gasteiger partial charge is 0.387 e. The number of benzene rings is 2. The van der Waals surface area contributed by atoms with Crippen LogP contribution >= 0.6 is 11.3 Å². The van der Waals surface area contributed by atoms with Crippen molar-refractivity contribution in [3.63, 3.8) is 0 Å². The zero-order valence-electron chi connectivity index (χ0n) is 12.2. The van der Waals surface area contributed by atoms with Crippen LogP contribution in [0.25, 0.3) is 10.2 Å². The van der Waals surface area contributed by atoms with Crippen molar-refractivity contribution in [3.8, 4) is 5.75 Å². The van der Waals surface area contributed by atoms with Crippen LogP contribution in [0.3, 0.4) is 0 Å². The summed E-state index contributed by atoms with van der Waals surface area (Å²) < 4.78 is 30.5. The number of alkyl halides is 2. The number of rotatable bonds is 5. The molecule has 0 unspecified atom stereocenters. The van der Waals surface area contributed by atoms with Crippen molar-refractivity contribution in [1.82, 2.24) is 4.98 Å². The van der Waals surface area contributed by atoms with Crippen LogP contribution in [0.2, 0.25) is 0 Å². The largest absolute Gasteiger partial charge is 0.434 e. The highest BCUT2D eigenvalue weighted by Gasteiger charge is 2.11. The first-order valence-electron chi connectivity index (χ1n) is 6.83. The molecule has 0 aliphatic heterocycles. The average molecular weight is 333 g/mol. The number of para-hydroxylation sites is 2. The standard InChI is InChI=1S/C16H13F2N3OS/c1-10(11-6-2-4-8-13(11)22-15(17)18)20-21-16-19-12-7-3-5-9-14(12)23-16/h2-9,15H,1H3,(H,19,21)/b20-10+. The number of hydrazone groups is 1. The molecule has 1 heterocycles. The van der Waals surface area contributed by atoms with Crippen molar-refractivity contribution < 1.29 is 13.5 Å². The van der Waals surface area contributed by atoms with Crippen LogP contribution in [-0.2, 0) is 0 Å². The molecule has 23 heavy (non-hydrogen) atoms. The van der Waals surface area contributed by atoms with Gasteiger partial charge in [0, 0.05) is 5.56 Å². The zero-order chi connectivity index (χ0) is 16.2. The Morgan fingerprint density at radius 2 is 1.91 bits per heavy atom. The van der Waals surface area contributed by atoms with E-state index in [1.54, 1.807) is 25.1 Å². The highest BCUT2D eigenvalue weighted by atomic mass is 32.1. The monoisotopic (exact) mass is 333 g/mol. The molecule has 1 N–H and O–H groups in total. The minimum absolute atomic E-state index is 0.0925. The Morgan fingerprint density at radius 1 is 1.17 bits per heavy atom. The lowest BCUT2D eigenvalue weighted by atomic mass is 10.1. The maximum atomic E-state index is 12.4. The third kappa shape index (κ3) is 3.62. The van der Waals surface area contributed by atoms with Crippen molar-refractivity contribution in [1.29, 1.82) is 0 Å². The van der Waals surface area contributed by atoms with Gasteiger partial charge in [0.1, 0.15) is 5.75 Å². The first kappa shape index (κ1) is 15.4. The van der Waals surface area contributed by atoms with E-state index in [-0.39, 0.29) is 5.75 Å². The topological polar surface area (TPSA) is 46.5 Å². The minimum atomic E-state index is -2.87. The first-order valence-corrected chi connectivity index (χ1v) is 7.65. The maximum absolute atomic E-state index is 12.4. The summed E-state index contributed by atoms with van der Waals surface area (Å²) in [6.45, 7) is -1.16. The third-order valence-corrected chi connectivity index (χ3v) is 4.05. The predicted octanol–water partition coefficient (Wildman–Crippen LogP) is 4.73. The SMILES string of the molecule is C/C(=N\Nc1nc2ccccc2s1)c1ccccc1OC(F)F. The molecule has 0 fully saturated rings. The van der Waals surface area contributed by atoms with Gasteiger partial charge in [0.25, 0.3) is 0 Å². The summed E-state index contributed by atoms with van der Waals surface area (Å²) in [6.07, 6.45) is 0. The average Bonchev–Trinajstić information content (AvgIpc) is 2.95. The Bertz CT molecular complexity index is 815. The molecule has 0 atom stereocenters. The van der Waals surface area contributed by atoms with Crippen molar-refractivity contribution in [2.45, 2.75) is 13.5 Å². The number of aromatic nitrogens is 1. The normalized spacial score (nSPS) is 11.9. The van der Waals surface area contributed by atoms with Crippen LogP contribution in [0.5, 0.6) is 5.75 Å². The maximum Gasteiger partial charge on any atom is 0.387 e. The molecule has 2 aromatic carbocycles. The second-order valence-electron chi connectivity index (χ2n) is 4.67. The van der Waals surface area contributed by atoms with Gasteiger partial charge in [0.05, 0.1) is 15.9 Å². The van der Waals surface area contributed by atoms with Gasteiger partial charge >= 0.3 is 6.61 Å². The van der Waals surface area contributed by atoms with Crippen LogP contribution in [-0.4, -0.2) is 17.3 Å². The molecule has 118 valence electrons. The van der Waals surface area contributed by atoms with E-state index in [2.05, 4.69) is 20.2 Å². The van der Waals surface area contributed by atoms with E-state index >= 15 is 0 Å². The number of halogens is 2. The van der Waals surface area contributed by atoms with Gasteiger partial charge in [0.15, 0.2) is 0 Å². The number of hydrogen-bond acceptors (Lipinski definition) is 5. The quantitative estimate of drug-likeness (QED) is 0.542. The molecule has 4 nitrogen and oxygen atoms in total. The van der Waals surface area contributed by atoms with Crippen molar-refractivity contribution >= 4 is 32.4 Å². The van der Waals surface area contributed by atoms with Gasteiger partial charge in [-0.2, -0.15) is 13.9 Å². The Morgan fingerprint density at radius 3 is 2.70 bits per heavy atom. The van der Waals surface area contributed by atoms with E-state index in [4.69, 9.17) is 0 Å². The van der Waals surface area contributed by atoms with E-state index < -0.39 is 6.61 Å². The van der Waals surface area contributed by atoms with E-state index in [9.17, 15) is 8.78 Å². The minimum Gasteiger partial charge on any atom is -0.434 e. The van der Waals surface area contributed by atoms with Gasteiger partial charge in [-0.25, -0.2) is 4.98 Å². The molecule has 0 saturated carbocycles. The summed E-state index contributed by atoms with van der Waals surface area (Å²) in [4.78, 5) is 4.40. The van der Waals surface area contributed by atoms with Crippen molar-refractivity contribution in [2.24, 2.45) is 5.10 Å². The zero-order valence-corrected chi connectivity index (χ0v) is 13.0. The third-order valence-electron chi connectivity index (χ3n) is 3.11. The molecular weight excluding hydrogens is 320 g/mol. The molecule has 0 aliphatic rings. The van der Waals surface area contributed by atoms with Crippen LogP contribution < -0.4 is 10.2 Å². The van der Waals surface area contributed by atoms with Gasteiger partial charge in [0.2, 0.25) is 5.13 Å². The van der Waals surface area contributed by atoms with Crippen molar-refractivity contribution in [3.05, 3.63) is 54.1 Å². The second-order valence-corrected chi connectivity index (χ2v) is 5.70. The molecule has 0 radical (unpaired) electrons. The Balaban J connectivity index is 1.82. The van der Waals surface area contributed by atoms with E-state index in [1.807, 2.05) is 24.3 Å². The number of hydrogen-bond donors (Lipinski definition) is 1. The lowest BCUT2D eigenvalue weighted by Gasteiger charge is -2.10. The second kappa shape index (κ2) is 6.70. The van der Waals surface area contributed by atoms with E-state index in [1.165, 1.54) is 17.4 Å². The Kier molecular flexibility index (Phi) is 4.47. The molecule has 3 aromatic rings. The molecule has 7 heteroatoms. The first-order chi connectivity index (χ1) is 11.1. The molecular formula is C16H13F2N3OS. The molecule has 0 bridgehead atoms. The number of thiazole rings is 1. The van der Waals surface area contributed by atoms with Crippen LogP contribution in [0.4, 0.5) is 13.9 Å². The summed E-state index contributed by atoms with van der Waals surface area (Å²) in [5.41, 5.74) is 4.78. The number of nitrogens with one attached hydrogen (secondary N) is 1. The lowest BCUT2D eigenvalue weighted by Crippen LogP contribution is -2.07. The number of nitrogens with zero attached hydrogens (tertiary/aromatic N) is 2. The van der Waals surface area contributed by atoms with E-state index in [0.29, 0.717) is 16.4 Å². The van der Waals surface area contributed by atoms with Gasteiger partial charge in [-0.3, -0.25) is 5.43 Å². The van der Waals surface area contributed by atoms with Crippen LogP contribution in [0.15, 0.2) is 53.6 Å². The molecule has 0 amide bonds. The summed E-state index contributed by atoms with van der Waals surface area (Å²) in [5, 5.41) is 4.85. The molecule has 3 rings (SSSR count). The van der Waals surface area contributed by atoms with Gasteiger partial charge in [-0.15, -0.1) is 0 Å². The number of ether oxygens (including phenoxy) is 1. The molecule has 0 spiro atoms. The van der Waals surface area contributed by atoms with Crippen molar-refractivity contribution in [2.75, 3.05) is 5.43 Å². The van der Waals surface area contributed by atoms with Gasteiger partial charge in [-0.05, 0) is 31.2 Å².